The number of ether oxygens (including phenoxy) is 1. The van der Waals surface area contributed by atoms with Crippen molar-refractivity contribution in [3.63, 3.8) is 0 Å². The fourth-order valence-electron chi connectivity index (χ4n) is 3.98. The Hall–Kier alpha value is -2.39. The molecule has 150 valence electrons. The molecule has 2 aromatic rings. The molecule has 0 spiro atoms. The van der Waals surface area contributed by atoms with Crippen molar-refractivity contribution in [3.05, 3.63) is 34.9 Å². The minimum absolute atomic E-state index is 0.101. The van der Waals surface area contributed by atoms with Gasteiger partial charge in [0.2, 0.25) is 0 Å². The molecule has 3 heterocycles. The molecular weight excluding hydrogens is 375 g/mol. The standard InChI is InChI=1S/C19H20F3N3O3/c1-10-6-12(19(20,21)22)8-15(26)17(10)13-7-11-2-4-25(18(11)24-23-13)14-3-5-28-9-16(14)27/h6-8,14,16,26-27H,2-5,9H2,1H3/t14-,16+/m1/s1. The molecule has 1 aromatic carbocycles. The molecular formula is C19H20F3N3O3. The normalized spacial score (nSPS) is 22.4. The van der Waals surface area contributed by atoms with Crippen LogP contribution in [0.25, 0.3) is 11.3 Å². The quantitative estimate of drug-likeness (QED) is 0.814. The van der Waals surface area contributed by atoms with E-state index in [9.17, 15) is 23.4 Å². The zero-order chi connectivity index (χ0) is 20.1. The van der Waals surface area contributed by atoms with Crippen LogP contribution in [0.2, 0.25) is 0 Å². The van der Waals surface area contributed by atoms with E-state index in [1.165, 1.54) is 6.92 Å². The van der Waals surface area contributed by atoms with Crippen LogP contribution in [0, 0.1) is 6.92 Å². The van der Waals surface area contributed by atoms with Gasteiger partial charge in [0.25, 0.3) is 0 Å². The summed E-state index contributed by atoms with van der Waals surface area (Å²) in [4.78, 5) is 2.01. The Kier molecular flexibility index (Phi) is 4.67. The number of phenolic OH excluding ortho intramolecular Hbond substituents is 1. The third kappa shape index (κ3) is 3.29. The highest BCUT2D eigenvalue weighted by atomic mass is 19.4. The fourth-order valence-corrected chi connectivity index (χ4v) is 3.98. The Labute approximate surface area is 159 Å². The smallest absolute Gasteiger partial charge is 0.416 e. The van der Waals surface area contributed by atoms with Gasteiger partial charge in [0.1, 0.15) is 5.75 Å². The summed E-state index contributed by atoms with van der Waals surface area (Å²) in [5.41, 5.74) is 0.837. The molecule has 0 radical (unpaired) electrons. The lowest BCUT2D eigenvalue weighted by molar-refractivity contribution is -0.137. The molecule has 1 aromatic heterocycles. The Balaban J connectivity index is 1.68. The van der Waals surface area contributed by atoms with Gasteiger partial charge in [-0.3, -0.25) is 0 Å². The van der Waals surface area contributed by atoms with Crippen molar-refractivity contribution in [1.82, 2.24) is 10.2 Å². The zero-order valence-corrected chi connectivity index (χ0v) is 15.2. The summed E-state index contributed by atoms with van der Waals surface area (Å²) < 4.78 is 44.1. The second-order valence-electron chi connectivity index (χ2n) is 7.21. The van der Waals surface area contributed by atoms with E-state index in [4.69, 9.17) is 4.74 Å². The fraction of sp³-hybridized carbons (Fsp3) is 0.474. The number of aliphatic hydroxyl groups excluding tert-OH is 1. The van der Waals surface area contributed by atoms with E-state index >= 15 is 0 Å². The van der Waals surface area contributed by atoms with Crippen LogP contribution in [-0.4, -0.2) is 52.3 Å². The molecule has 2 aliphatic rings. The minimum atomic E-state index is -4.53. The summed E-state index contributed by atoms with van der Waals surface area (Å²) in [5, 5.41) is 28.8. The van der Waals surface area contributed by atoms with Crippen molar-refractivity contribution in [2.24, 2.45) is 0 Å². The number of hydrogen-bond donors (Lipinski definition) is 2. The molecule has 6 nitrogen and oxygen atoms in total. The van der Waals surface area contributed by atoms with E-state index in [2.05, 4.69) is 10.2 Å². The van der Waals surface area contributed by atoms with Crippen molar-refractivity contribution in [1.29, 1.82) is 0 Å². The number of hydrogen-bond acceptors (Lipinski definition) is 6. The predicted octanol–water partition coefficient (Wildman–Crippen LogP) is 2.69. The first kappa shape index (κ1) is 18.9. The van der Waals surface area contributed by atoms with E-state index in [1.54, 1.807) is 6.07 Å². The number of anilines is 1. The molecule has 2 aliphatic heterocycles. The maximum Gasteiger partial charge on any atom is 0.416 e. The number of phenols is 1. The SMILES string of the molecule is Cc1cc(C(F)(F)F)cc(O)c1-c1cc2c(nn1)N([C@@H]1CCOC[C@@H]1O)CC2. The molecule has 2 atom stereocenters. The molecule has 0 aliphatic carbocycles. The molecule has 1 fully saturated rings. The van der Waals surface area contributed by atoms with E-state index < -0.39 is 23.6 Å². The van der Waals surface area contributed by atoms with Crippen LogP contribution in [0.4, 0.5) is 19.0 Å². The topological polar surface area (TPSA) is 78.7 Å². The molecule has 4 rings (SSSR count). The molecule has 0 saturated carbocycles. The van der Waals surface area contributed by atoms with Crippen LogP contribution in [-0.2, 0) is 17.3 Å². The van der Waals surface area contributed by atoms with Gasteiger partial charge in [-0.2, -0.15) is 13.2 Å². The predicted molar refractivity (Wildman–Crippen MR) is 95.2 cm³/mol. The van der Waals surface area contributed by atoms with Crippen LogP contribution in [0.1, 0.15) is 23.1 Å². The van der Waals surface area contributed by atoms with Crippen LogP contribution in [0.5, 0.6) is 5.75 Å². The highest BCUT2D eigenvalue weighted by molar-refractivity contribution is 5.73. The first-order valence-corrected chi connectivity index (χ1v) is 9.06. The molecule has 2 N–H and O–H groups in total. The van der Waals surface area contributed by atoms with Crippen LogP contribution in [0.15, 0.2) is 18.2 Å². The third-order valence-electron chi connectivity index (χ3n) is 5.33. The summed E-state index contributed by atoms with van der Waals surface area (Å²) in [6.45, 7) is 3.02. The Morgan fingerprint density at radius 1 is 1.21 bits per heavy atom. The lowest BCUT2D eigenvalue weighted by atomic mass is 9.99. The van der Waals surface area contributed by atoms with Crippen molar-refractivity contribution in [3.8, 4) is 17.0 Å². The van der Waals surface area contributed by atoms with E-state index in [0.717, 1.165) is 11.6 Å². The van der Waals surface area contributed by atoms with Gasteiger partial charge in [-0.05, 0) is 43.5 Å². The van der Waals surface area contributed by atoms with Crippen molar-refractivity contribution in [2.75, 3.05) is 24.7 Å². The average Bonchev–Trinajstić information content (AvgIpc) is 3.04. The second-order valence-corrected chi connectivity index (χ2v) is 7.21. The van der Waals surface area contributed by atoms with E-state index in [1.807, 2.05) is 4.90 Å². The van der Waals surface area contributed by atoms with E-state index in [-0.39, 0.29) is 23.8 Å². The van der Waals surface area contributed by atoms with Gasteiger partial charge in [-0.1, -0.05) is 0 Å². The molecule has 28 heavy (non-hydrogen) atoms. The van der Waals surface area contributed by atoms with Crippen LogP contribution in [0.3, 0.4) is 0 Å². The van der Waals surface area contributed by atoms with E-state index in [0.29, 0.717) is 43.6 Å². The summed E-state index contributed by atoms with van der Waals surface area (Å²) in [6, 6.07) is 3.36. The summed E-state index contributed by atoms with van der Waals surface area (Å²) >= 11 is 0. The number of alkyl halides is 3. The third-order valence-corrected chi connectivity index (χ3v) is 5.33. The monoisotopic (exact) mass is 395 g/mol. The van der Waals surface area contributed by atoms with Crippen molar-refractivity contribution in [2.45, 2.75) is 38.1 Å². The average molecular weight is 395 g/mol. The maximum absolute atomic E-state index is 12.9. The summed E-state index contributed by atoms with van der Waals surface area (Å²) in [7, 11) is 0. The summed E-state index contributed by atoms with van der Waals surface area (Å²) in [5.74, 6) is 0.190. The van der Waals surface area contributed by atoms with Crippen LogP contribution >= 0.6 is 0 Å². The molecule has 0 amide bonds. The van der Waals surface area contributed by atoms with Gasteiger partial charge < -0.3 is 19.8 Å². The Morgan fingerprint density at radius 3 is 2.68 bits per heavy atom. The highest BCUT2D eigenvalue weighted by Gasteiger charge is 2.35. The number of nitrogens with zero attached hydrogens (tertiary/aromatic N) is 3. The molecule has 9 heteroatoms. The Bertz CT molecular complexity index is 881. The van der Waals surface area contributed by atoms with Crippen molar-refractivity contribution >= 4 is 5.82 Å². The van der Waals surface area contributed by atoms with Gasteiger partial charge >= 0.3 is 6.18 Å². The van der Waals surface area contributed by atoms with Crippen molar-refractivity contribution < 1.29 is 28.1 Å². The van der Waals surface area contributed by atoms with Gasteiger partial charge in [-0.15, -0.1) is 10.2 Å². The first-order valence-electron chi connectivity index (χ1n) is 9.06. The van der Waals surface area contributed by atoms with Crippen LogP contribution < -0.4 is 4.90 Å². The first-order chi connectivity index (χ1) is 13.3. The summed E-state index contributed by atoms with van der Waals surface area (Å²) in [6.07, 6.45) is -3.77. The molecule has 0 bridgehead atoms. The lowest BCUT2D eigenvalue weighted by Crippen LogP contribution is -2.48. The number of fused-ring (bicyclic) bond motifs is 1. The Morgan fingerprint density at radius 2 is 2.00 bits per heavy atom. The number of aromatic hydroxyl groups is 1. The number of aliphatic hydroxyl groups is 1. The highest BCUT2D eigenvalue weighted by Crippen LogP contribution is 2.40. The van der Waals surface area contributed by atoms with Gasteiger partial charge in [0.05, 0.1) is 30.0 Å². The number of benzene rings is 1. The van der Waals surface area contributed by atoms with Gasteiger partial charge in [-0.25, -0.2) is 0 Å². The number of aromatic nitrogens is 2. The second kappa shape index (κ2) is 6.89. The molecule has 1 saturated heterocycles. The molecule has 0 unspecified atom stereocenters. The van der Waals surface area contributed by atoms with Gasteiger partial charge in [0.15, 0.2) is 5.82 Å². The number of rotatable bonds is 2. The number of halogens is 3. The lowest BCUT2D eigenvalue weighted by Gasteiger charge is -2.35. The minimum Gasteiger partial charge on any atom is -0.507 e. The maximum atomic E-state index is 12.9. The number of aryl methyl sites for hydroxylation is 1. The van der Waals surface area contributed by atoms with Gasteiger partial charge in [0, 0.05) is 24.3 Å². The largest absolute Gasteiger partial charge is 0.507 e. The zero-order valence-electron chi connectivity index (χ0n) is 15.2.